The number of methoxy groups -OCH3 is 1. The molecular weight excluding hydrogens is 222 g/mol. The highest BCUT2D eigenvalue weighted by Gasteiger charge is 2.07. The van der Waals surface area contributed by atoms with E-state index in [0.29, 0.717) is 11.5 Å². The number of nitrogens with zero attached hydrogens (tertiary/aromatic N) is 2. The molecule has 17 heavy (non-hydrogen) atoms. The fourth-order valence-corrected chi connectivity index (χ4v) is 1.03. The smallest absolute Gasteiger partial charge is 0.306 e. The van der Waals surface area contributed by atoms with Gasteiger partial charge in [-0.3, -0.25) is 14.6 Å². The van der Waals surface area contributed by atoms with E-state index in [1.165, 1.54) is 19.5 Å². The predicted octanol–water partition coefficient (Wildman–Crippen LogP) is 1.01. The molecule has 0 spiro atoms. The number of nitrogens with one attached hydrogen (secondary N) is 1. The Morgan fingerprint density at radius 1 is 1.41 bits per heavy atom. The van der Waals surface area contributed by atoms with Crippen LogP contribution in [0.3, 0.4) is 0 Å². The van der Waals surface area contributed by atoms with Crippen LogP contribution in [0.25, 0.3) is 6.08 Å². The molecule has 1 aromatic rings. The molecule has 1 N–H and O–H groups in total. The molecule has 1 rings (SSSR count). The van der Waals surface area contributed by atoms with Gasteiger partial charge in [-0.15, -0.1) is 0 Å². The summed E-state index contributed by atoms with van der Waals surface area (Å²) < 4.78 is 4.42. The first-order chi connectivity index (χ1) is 8.15. The normalized spacial score (nSPS) is 9.47. The van der Waals surface area contributed by atoms with E-state index in [0.717, 1.165) is 0 Å². The zero-order valence-electron chi connectivity index (χ0n) is 9.47. The highest BCUT2D eigenvalue weighted by Crippen LogP contribution is 2.03. The van der Waals surface area contributed by atoms with Gasteiger partial charge in [-0.1, -0.05) is 6.58 Å². The largest absolute Gasteiger partial charge is 0.469 e. The van der Waals surface area contributed by atoms with Gasteiger partial charge in [0.15, 0.2) is 5.82 Å². The van der Waals surface area contributed by atoms with Gasteiger partial charge in [-0.25, -0.2) is 4.98 Å². The number of carbonyl (C=O) groups is 2. The van der Waals surface area contributed by atoms with E-state index in [-0.39, 0.29) is 18.7 Å². The molecule has 0 fully saturated rings. The first-order valence-corrected chi connectivity index (χ1v) is 4.97. The second kappa shape index (κ2) is 6.37. The molecule has 0 saturated carbocycles. The van der Waals surface area contributed by atoms with Crippen molar-refractivity contribution in [3.8, 4) is 0 Å². The maximum Gasteiger partial charge on any atom is 0.306 e. The molecular formula is C11H13N3O3. The van der Waals surface area contributed by atoms with Crippen LogP contribution in [0, 0.1) is 0 Å². The second-order valence-corrected chi connectivity index (χ2v) is 3.15. The Kier molecular flexibility index (Phi) is 4.80. The third-order valence-electron chi connectivity index (χ3n) is 1.93. The van der Waals surface area contributed by atoms with Gasteiger partial charge in [0.1, 0.15) is 0 Å². The Labute approximate surface area is 98.7 Å². The van der Waals surface area contributed by atoms with Gasteiger partial charge in [0.2, 0.25) is 5.91 Å². The molecule has 1 heterocycles. The lowest BCUT2D eigenvalue weighted by molar-refractivity contribution is -0.141. The van der Waals surface area contributed by atoms with Crippen molar-refractivity contribution >= 4 is 23.8 Å². The van der Waals surface area contributed by atoms with E-state index < -0.39 is 5.97 Å². The maximum absolute atomic E-state index is 11.4. The summed E-state index contributed by atoms with van der Waals surface area (Å²) in [6, 6.07) is 0. The Balaban J connectivity index is 2.44. The Morgan fingerprint density at radius 3 is 2.71 bits per heavy atom. The van der Waals surface area contributed by atoms with Gasteiger partial charge in [-0.2, -0.15) is 0 Å². The predicted molar refractivity (Wildman–Crippen MR) is 62.0 cm³/mol. The minimum Gasteiger partial charge on any atom is -0.469 e. The highest BCUT2D eigenvalue weighted by atomic mass is 16.5. The molecule has 90 valence electrons. The number of hydrogen-bond donors (Lipinski definition) is 1. The van der Waals surface area contributed by atoms with Crippen LogP contribution < -0.4 is 5.32 Å². The summed E-state index contributed by atoms with van der Waals surface area (Å²) in [5.74, 6) is -0.394. The topological polar surface area (TPSA) is 81.2 Å². The molecule has 0 radical (unpaired) electrons. The number of esters is 1. The standard InChI is InChI=1S/C11H13N3O3/c1-3-8-6-13-9(7-12-8)14-10(15)4-5-11(16)17-2/h3,6-7H,1,4-5H2,2H3,(H,13,14,15). The van der Waals surface area contributed by atoms with Crippen molar-refractivity contribution in [2.75, 3.05) is 12.4 Å². The van der Waals surface area contributed by atoms with Gasteiger partial charge in [-0.05, 0) is 6.08 Å². The Hall–Kier alpha value is -2.24. The van der Waals surface area contributed by atoms with Crippen molar-refractivity contribution in [1.82, 2.24) is 9.97 Å². The van der Waals surface area contributed by atoms with E-state index in [4.69, 9.17) is 0 Å². The number of amides is 1. The van der Waals surface area contributed by atoms with E-state index in [1.54, 1.807) is 6.08 Å². The zero-order chi connectivity index (χ0) is 12.7. The Morgan fingerprint density at radius 2 is 2.18 bits per heavy atom. The number of carbonyl (C=O) groups excluding carboxylic acids is 2. The van der Waals surface area contributed by atoms with Crippen LogP contribution in [0.4, 0.5) is 5.82 Å². The van der Waals surface area contributed by atoms with Gasteiger partial charge >= 0.3 is 5.97 Å². The van der Waals surface area contributed by atoms with Crippen molar-refractivity contribution in [2.24, 2.45) is 0 Å². The summed E-state index contributed by atoms with van der Waals surface area (Å²) in [5.41, 5.74) is 0.623. The molecule has 0 atom stereocenters. The molecule has 0 unspecified atom stereocenters. The SMILES string of the molecule is C=Cc1cnc(NC(=O)CCC(=O)OC)cn1. The zero-order valence-corrected chi connectivity index (χ0v) is 9.47. The highest BCUT2D eigenvalue weighted by molar-refractivity contribution is 5.91. The number of anilines is 1. The molecule has 0 aliphatic carbocycles. The summed E-state index contributed by atoms with van der Waals surface area (Å²) in [6.07, 6.45) is 4.56. The van der Waals surface area contributed by atoms with Gasteiger partial charge in [0, 0.05) is 6.42 Å². The van der Waals surface area contributed by atoms with Crippen molar-refractivity contribution in [1.29, 1.82) is 0 Å². The number of hydrogen-bond acceptors (Lipinski definition) is 5. The minimum atomic E-state index is -0.423. The van der Waals surface area contributed by atoms with E-state index in [2.05, 4.69) is 26.6 Å². The van der Waals surface area contributed by atoms with Crippen LogP contribution in [-0.4, -0.2) is 29.0 Å². The van der Waals surface area contributed by atoms with E-state index in [1.807, 2.05) is 0 Å². The molecule has 0 saturated heterocycles. The van der Waals surface area contributed by atoms with Gasteiger partial charge < -0.3 is 10.1 Å². The van der Waals surface area contributed by atoms with Crippen LogP contribution in [0.1, 0.15) is 18.5 Å². The van der Waals surface area contributed by atoms with E-state index >= 15 is 0 Å². The molecule has 0 aliphatic heterocycles. The number of rotatable bonds is 5. The summed E-state index contributed by atoms with van der Waals surface area (Å²) in [6.45, 7) is 3.54. The first kappa shape index (κ1) is 12.8. The average molecular weight is 235 g/mol. The summed E-state index contributed by atoms with van der Waals surface area (Å²) in [5, 5.41) is 2.52. The fraction of sp³-hybridized carbons (Fsp3) is 0.273. The lowest BCUT2D eigenvalue weighted by atomic mass is 10.3. The van der Waals surface area contributed by atoms with Crippen LogP contribution >= 0.6 is 0 Å². The maximum atomic E-state index is 11.4. The average Bonchev–Trinajstić information content (AvgIpc) is 2.36. The van der Waals surface area contributed by atoms with Crippen molar-refractivity contribution < 1.29 is 14.3 Å². The molecule has 0 aromatic carbocycles. The molecule has 1 aromatic heterocycles. The van der Waals surface area contributed by atoms with Gasteiger partial charge in [0.05, 0.1) is 31.6 Å². The molecule has 0 aliphatic rings. The van der Waals surface area contributed by atoms with Crippen molar-refractivity contribution in [3.05, 3.63) is 24.7 Å². The van der Waals surface area contributed by atoms with Crippen LogP contribution in [-0.2, 0) is 14.3 Å². The monoisotopic (exact) mass is 235 g/mol. The lowest BCUT2D eigenvalue weighted by Crippen LogP contribution is -2.14. The van der Waals surface area contributed by atoms with E-state index in [9.17, 15) is 9.59 Å². The molecule has 1 amide bonds. The summed E-state index contributed by atoms with van der Waals surface area (Å²) in [7, 11) is 1.28. The molecule has 6 nitrogen and oxygen atoms in total. The van der Waals surface area contributed by atoms with Gasteiger partial charge in [0.25, 0.3) is 0 Å². The van der Waals surface area contributed by atoms with Crippen LogP contribution in [0.2, 0.25) is 0 Å². The van der Waals surface area contributed by atoms with Crippen LogP contribution in [0.15, 0.2) is 19.0 Å². The third kappa shape index (κ3) is 4.42. The molecule has 6 heteroatoms. The number of ether oxygens (including phenoxy) is 1. The lowest BCUT2D eigenvalue weighted by Gasteiger charge is -2.03. The van der Waals surface area contributed by atoms with Crippen LogP contribution in [0.5, 0.6) is 0 Å². The van der Waals surface area contributed by atoms with Crippen molar-refractivity contribution in [2.45, 2.75) is 12.8 Å². The minimum absolute atomic E-state index is 0.0422. The first-order valence-electron chi connectivity index (χ1n) is 4.97. The summed E-state index contributed by atoms with van der Waals surface area (Å²) >= 11 is 0. The Bertz CT molecular complexity index is 414. The second-order valence-electron chi connectivity index (χ2n) is 3.15. The quantitative estimate of drug-likeness (QED) is 0.770. The summed E-state index contributed by atoms with van der Waals surface area (Å²) in [4.78, 5) is 30.1. The fourth-order valence-electron chi connectivity index (χ4n) is 1.03. The third-order valence-corrected chi connectivity index (χ3v) is 1.93. The molecule has 0 bridgehead atoms. The number of aromatic nitrogens is 2. The van der Waals surface area contributed by atoms with Crippen molar-refractivity contribution in [3.63, 3.8) is 0 Å².